The first-order chi connectivity index (χ1) is 14.4. The largest absolute Gasteiger partial charge is 0.480 e. The molecule has 31 heavy (non-hydrogen) atoms. The summed E-state index contributed by atoms with van der Waals surface area (Å²) in [6.07, 6.45) is -5.03. The normalized spacial score (nSPS) is 13.2. The van der Waals surface area contributed by atoms with Gasteiger partial charge in [-0.05, 0) is 24.1 Å². The lowest BCUT2D eigenvalue weighted by atomic mass is 9.98. The van der Waals surface area contributed by atoms with Crippen LogP contribution in [0.1, 0.15) is 25.1 Å². The van der Waals surface area contributed by atoms with Gasteiger partial charge in [-0.1, -0.05) is 49.4 Å². The topological polar surface area (TPSA) is 115 Å². The molecule has 0 fully saturated rings. The first-order valence-corrected chi connectivity index (χ1v) is 10.6. The van der Waals surface area contributed by atoms with Gasteiger partial charge in [-0.3, -0.25) is 0 Å². The SMILES string of the molecule is CCC(C(=O)O)n1nc(-c2ccc(S(N)(=O)=O)cc2)c(-c2ccccc2)c1C(F)(F)F. The average molecular weight is 453 g/mol. The molecule has 1 unspecified atom stereocenters. The highest BCUT2D eigenvalue weighted by molar-refractivity contribution is 7.89. The van der Waals surface area contributed by atoms with Gasteiger partial charge >= 0.3 is 12.1 Å². The molecule has 0 amide bonds. The number of carboxylic acids is 1. The summed E-state index contributed by atoms with van der Waals surface area (Å²) in [4.78, 5) is 11.4. The third-order valence-electron chi connectivity index (χ3n) is 4.66. The minimum absolute atomic E-state index is 0.126. The maximum atomic E-state index is 14.2. The molecule has 0 aliphatic rings. The zero-order valence-corrected chi connectivity index (χ0v) is 17.0. The van der Waals surface area contributed by atoms with Gasteiger partial charge in [-0.25, -0.2) is 23.0 Å². The number of hydrogen-bond acceptors (Lipinski definition) is 4. The highest BCUT2D eigenvalue weighted by Crippen LogP contribution is 2.44. The summed E-state index contributed by atoms with van der Waals surface area (Å²) in [6.45, 7) is 1.45. The molecule has 3 N–H and O–H groups in total. The van der Waals surface area contributed by atoms with Crippen molar-refractivity contribution in [2.45, 2.75) is 30.5 Å². The molecule has 0 bridgehead atoms. The number of carboxylic acid groups (broad SMARTS) is 1. The molecule has 3 rings (SSSR count). The highest BCUT2D eigenvalue weighted by atomic mass is 32.2. The summed E-state index contributed by atoms with van der Waals surface area (Å²) < 4.78 is 66.0. The van der Waals surface area contributed by atoms with Crippen LogP contribution in [0.25, 0.3) is 22.4 Å². The van der Waals surface area contributed by atoms with Crippen molar-refractivity contribution in [2.75, 3.05) is 0 Å². The van der Waals surface area contributed by atoms with Gasteiger partial charge in [0.25, 0.3) is 0 Å². The summed E-state index contributed by atoms with van der Waals surface area (Å²) in [6, 6.07) is 11.0. The lowest BCUT2D eigenvalue weighted by Crippen LogP contribution is -2.25. The molecule has 0 saturated heterocycles. The molecule has 0 aliphatic heterocycles. The first-order valence-electron chi connectivity index (χ1n) is 9.06. The molecular formula is C20H18F3N3O4S. The zero-order chi connectivity index (χ0) is 23.0. The number of hydrogen-bond donors (Lipinski definition) is 2. The molecule has 1 aromatic heterocycles. The number of aromatic nitrogens is 2. The lowest BCUT2D eigenvalue weighted by Gasteiger charge is -2.17. The van der Waals surface area contributed by atoms with Gasteiger partial charge in [0, 0.05) is 11.1 Å². The molecule has 0 saturated carbocycles. The molecule has 2 aromatic carbocycles. The fraction of sp³-hybridized carbons (Fsp3) is 0.200. The molecule has 1 heterocycles. The minimum Gasteiger partial charge on any atom is -0.480 e. The number of aliphatic carboxylic acids is 1. The Hall–Kier alpha value is -3.18. The van der Waals surface area contributed by atoms with Gasteiger partial charge < -0.3 is 5.11 Å². The number of carbonyl (C=O) groups is 1. The number of nitrogens with zero attached hydrogens (tertiary/aromatic N) is 2. The highest BCUT2D eigenvalue weighted by Gasteiger charge is 2.43. The van der Waals surface area contributed by atoms with E-state index in [2.05, 4.69) is 5.10 Å². The van der Waals surface area contributed by atoms with Crippen molar-refractivity contribution in [3.63, 3.8) is 0 Å². The maximum absolute atomic E-state index is 14.2. The second kappa shape index (κ2) is 8.16. The third kappa shape index (κ3) is 4.47. The second-order valence-corrected chi connectivity index (χ2v) is 8.27. The van der Waals surface area contributed by atoms with E-state index in [-0.39, 0.29) is 33.7 Å². The van der Waals surface area contributed by atoms with Crippen LogP contribution in [0.4, 0.5) is 13.2 Å². The molecule has 7 nitrogen and oxygen atoms in total. The molecule has 164 valence electrons. The number of benzene rings is 2. The Morgan fingerprint density at radius 1 is 1.10 bits per heavy atom. The fourth-order valence-electron chi connectivity index (χ4n) is 3.27. The molecule has 1 atom stereocenters. The fourth-order valence-corrected chi connectivity index (χ4v) is 3.78. The van der Waals surface area contributed by atoms with Crippen LogP contribution in [-0.2, 0) is 21.0 Å². The minimum atomic E-state index is -4.90. The molecule has 3 aromatic rings. The van der Waals surface area contributed by atoms with Crippen LogP contribution in [0.3, 0.4) is 0 Å². The molecule has 0 spiro atoms. The average Bonchev–Trinajstić information content (AvgIpc) is 3.09. The molecular weight excluding hydrogens is 435 g/mol. The van der Waals surface area contributed by atoms with Gasteiger partial charge in [-0.2, -0.15) is 18.3 Å². The van der Waals surface area contributed by atoms with Crippen molar-refractivity contribution in [3.8, 4) is 22.4 Å². The van der Waals surface area contributed by atoms with Crippen LogP contribution in [-0.4, -0.2) is 29.3 Å². The number of sulfonamides is 1. The van der Waals surface area contributed by atoms with Crippen LogP contribution in [0.5, 0.6) is 0 Å². The van der Waals surface area contributed by atoms with E-state index in [1.54, 1.807) is 18.2 Å². The summed E-state index contributed by atoms with van der Waals surface area (Å²) in [5.41, 5.74) is -1.25. The number of alkyl halides is 3. The lowest BCUT2D eigenvalue weighted by molar-refractivity contribution is -0.149. The van der Waals surface area contributed by atoms with Gasteiger partial charge in [0.15, 0.2) is 5.69 Å². The van der Waals surface area contributed by atoms with E-state index in [1.165, 1.54) is 31.2 Å². The van der Waals surface area contributed by atoms with Crippen LogP contribution >= 0.6 is 0 Å². The summed E-state index contributed by atoms with van der Waals surface area (Å²) in [5, 5.41) is 18.6. The van der Waals surface area contributed by atoms with Gasteiger partial charge in [0.1, 0.15) is 11.7 Å². The Morgan fingerprint density at radius 2 is 1.68 bits per heavy atom. The van der Waals surface area contributed by atoms with E-state index in [1.807, 2.05) is 0 Å². The summed E-state index contributed by atoms with van der Waals surface area (Å²) in [7, 11) is -4.00. The predicted octanol–water partition coefficient (Wildman–Crippen LogP) is 3.92. The standard InChI is InChI=1S/C20H18F3N3O4S/c1-2-15(19(27)28)26-18(20(21,22)23)16(12-6-4-3-5-7-12)17(25-26)13-8-10-14(11-9-13)31(24,29)30/h3-11,15H,2H2,1H3,(H,27,28)(H2,24,29,30). The van der Waals surface area contributed by atoms with Crippen LogP contribution < -0.4 is 5.14 Å². The van der Waals surface area contributed by atoms with E-state index in [4.69, 9.17) is 5.14 Å². The Kier molecular flexibility index (Phi) is 5.92. The van der Waals surface area contributed by atoms with Crippen LogP contribution in [0.15, 0.2) is 59.5 Å². The quantitative estimate of drug-likeness (QED) is 0.587. The van der Waals surface area contributed by atoms with Gasteiger partial charge in [0.05, 0.1) is 4.90 Å². The molecule has 0 aliphatic carbocycles. The van der Waals surface area contributed by atoms with Crippen molar-refractivity contribution >= 4 is 16.0 Å². The Balaban J connectivity index is 2.38. The number of rotatable bonds is 6. The number of primary sulfonamides is 1. The first kappa shape index (κ1) is 22.5. The van der Waals surface area contributed by atoms with E-state index >= 15 is 0 Å². The summed E-state index contributed by atoms with van der Waals surface area (Å²) >= 11 is 0. The molecule has 11 heteroatoms. The van der Waals surface area contributed by atoms with Crippen molar-refractivity contribution in [3.05, 3.63) is 60.3 Å². The van der Waals surface area contributed by atoms with Crippen molar-refractivity contribution in [1.82, 2.24) is 9.78 Å². The Labute approximate surface area is 176 Å². The Morgan fingerprint density at radius 3 is 2.13 bits per heavy atom. The van der Waals surface area contributed by atoms with Crippen LogP contribution in [0.2, 0.25) is 0 Å². The van der Waals surface area contributed by atoms with Crippen LogP contribution in [0, 0.1) is 0 Å². The van der Waals surface area contributed by atoms with Crippen molar-refractivity contribution in [1.29, 1.82) is 0 Å². The monoisotopic (exact) mass is 453 g/mol. The van der Waals surface area contributed by atoms with E-state index in [9.17, 15) is 31.5 Å². The van der Waals surface area contributed by atoms with Gasteiger partial charge in [-0.15, -0.1) is 0 Å². The molecule has 0 radical (unpaired) electrons. The maximum Gasteiger partial charge on any atom is 0.433 e. The predicted molar refractivity (Wildman–Crippen MR) is 106 cm³/mol. The third-order valence-corrected chi connectivity index (χ3v) is 5.59. The van der Waals surface area contributed by atoms with Gasteiger partial charge in [0.2, 0.25) is 10.0 Å². The number of nitrogens with two attached hydrogens (primary N) is 1. The second-order valence-electron chi connectivity index (χ2n) is 6.71. The zero-order valence-electron chi connectivity index (χ0n) is 16.2. The Bertz CT molecular complexity index is 1200. The van der Waals surface area contributed by atoms with E-state index < -0.39 is 33.9 Å². The smallest absolute Gasteiger partial charge is 0.433 e. The van der Waals surface area contributed by atoms with Crippen molar-refractivity contribution < 1.29 is 31.5 Å². The van der Waals surface area contributed by atoms with E-state index in [0.29, 0.717) is 4.68 Å². The van der Waals surface area contributed by atoms with Crippen molar-refractivity contribution in [2.24, 2.45) is 5.14 Å². The number of halogens is 3. The summed E-state index contributed by atoms with van der Waals surface area (Å²) in [5.74, 6) is -1.45. The van der Waals surface area contributed by atoms with E-state index in [0.717, 1.165) is 12.1 Å².